The molecule has 0 aromatic carbocycles. The summed E-state index contributed by atoms with van der Waals surface area (Å²) < 4.78 is 0. The number of hydrogen-bond acceptors (Lipinski definition) is 2. The third kappa shape index (κ3) is 9.55. The number of unbranched alkanes of at least 4 members (excludes halogenated alkanes) is 1. The van der Waals surface area contributed by atoms with Crippen molar-refractivity contribution in [2.24, 2.45) is 4.99 Å². The van der Waals surface area contributed by atoms with Gasteiger partial charge in [0.15, 0.2) is 5.96 Å². The van der Waals surface area contributed by atoms with Crippen molar-refractivity contribution in [1.29, 1.82) is 0 Å². The molecular formula is C16H35IN4. The molecule has 1 heterocycles. The van der Waals surface area contributed by atoms with E-state index in [1.807, 2.05) is 0 Å². The highest BCUT2D eigenvalue weighted by Gasteiger charge is 2.09. The monoisotopic (exact) mass is 410 g/mol. The van der Waals surface area contributed by atoms with Crippen LogP contribution in [0.15, 0.2) is 4.99 Å². The lowest BCUT2D eigenvalue weighted by Gasteiger charge is -2.23. The second kappa shape index (κ2) is 13.6. The zero-order valence-electron chi connectivity index (χ0n) is 14.2. The van der Waals surface area contributed by atoms with E-state index in [1.54, 1.807) is 0 Å². The summed E-state index contributed by atoms with van der Waals surface area (Å²) in [5, 5.41) is 3.40. The predicted molar refractivity (Wildman–Crippen MR) is 104 cm³/mol. The molecule has 0 saturated carbocycles. The van der Waals surface area contributed by atoms with Crippen LogP contribution in [0.4, 0.5) is 0 Å². The topological polar surface area (TPSA) is 30.9 Å². The first-order chi connectivity index (χ1) is 9.77. The fraction of sp³-hybridized carbons (Fsp3) is 0.938. The Hall–Kier alpha value is -0.0400. The number of guanidine groups is 1. The highest BCUT2D eigenvalue weighted by Crippen LogP contribution is 2.08. The van der Waals surface area contributed by atoms with Crippen molar-refractivity contribution in [1.82, 2.24) is 15.1 Å². The molecule has 0 amide bonds. The second-order valence-electron chi connectivity index (χ2n) is 5.77. The van der Waals surface area contributed by atoms with E-state index < -0.39 is 0 Å². The zero-order chi connectivity index (χ0) is 14.6. The molecule has 0 spiro atoms. The summed E-state index contributed by atoms with van der Waals surface area (Å²) in [4.78, 5) is 9.62. The SMILES string of the molecule is CCCCN(C)C(=NCCN1CCCCCC1)NCC.I. The molecule has 126 valence electrons. The van der Waals surface area contributed by atoms with Gasteiger partial charge in [-0.3, -0.25) is 4.99 Å². The van der Waals surface area contributed by atoms with Crippen molar-refractivity contribution in [3.05, 3.63) is 0 Å². The summed E-state index contributed by atoms with van der Waals surface area (Å²) in [5.74, 6) is 1.07. The van der Waals surface area contributed by atoms with Gasteiger partial charge >= 0.3 is 0 Å². The van der Waals surface area contributed by atoms with E-state index in [4.69, 9.17) is 4.99 Å². The lowest BCUT2D eigenvalue weighted by Crippen LogP contribution is -2.40. The quantitative estimate of drug-likeness (QED) is 0.397. The Morgan fingerprint density at radius 1 is 1.14 bits per heavy atom. The molecule has 0 unspecified atom stereocenters. The summed E-state index contributed by atoms with van der Waals surface area (Å²) >= 11 is 0. The first-order valence-electron chi connectivity index (χ1n) is 8.49. The Morgan fingerprint density at radius 2 is 1.81 bits per heavy atom. The number of likely N-dealkylation sites (tertiary alicyclic amines) is 1. The summed E-state index contributed by atoms with van der Waals surface area (Å²) in [7, 11) is 2.14. The van der Waals surface area contributed by atoms with Gasteiger partial charge in [0, 0.05) is 26.7 Å². The Labute approximate surface area is 148 Å². The smallest absolute Gasteiger partial charge is 0.193 e. The molecule has 0 aromatic heterocycles. The predicted octanol–water partition coefficient (Wildman–Crippen LogP) is 3.18. The van der Waals surface area contributed by atoms with Gasteiger partial charge in [-0.15, -0.1) is 24.0 Å². The summed E-state index contributed by atoms with van der Waals surface area (Å²) in [5.41, 5.74) is 0. The van der Waals surface area contributed by atoms with Crippen LogP contribution in [0, 0.1) is 0 Å². The van der Waals surface area contributed by atoms with Crippen LogP contribution in [0.2, 0.25) is 0 Å². The van der Waals surface area contributed by atoms with Crippen molar-refractivity contribution >= 4 is 29.9 Å². The molecule has 4 nitrogen and oxygen atoms in total. The van der Waals surface area contributed by atoms with Crippen molar-refractivity contribution in [3.8, 4) is 0 Å². The first-order valence-corrected chi connectivity index (χ1v) is 8.49. The van der Waals surface area contributed by atoms with Crippen molar-refractivity contribution in [2.45, 2.75) is 52.4 Å². The van der Waals surface area contributed by atoms with Crippen molar-refractivity contribution in [2.75, 3.05) is 46.3 Å². The molecule has 1 aliphatic heterocycles. The standard InChI is InChI=1S/C16H34N4.HI/c1-4-6-12-19(3)16(17-5-2)18-11-15-20-13-9-7-8-10-14-20;/h4-15H2,1-3H3,(H,17,18);1H. The molecular weight excluding hydrogens is 375 g/mol. The van der Waals surface area contributed by atoms with E-state index in [1.165, 1.54) is 51.6 Å². The molecule has 1 rings (SSSR count). The molecule has 1 saturated heterocycles. The first kappa shape index (κ1) is 21.0. The lowest BCUT2D eigenvalue weighted by atomic mass is 10.2. The summed E-state index contributed by atoms with van der Waals surface area (Å²) in [6, 6.07) is 0. The Bertz CT molecular complexity index is 263. The molecule has 1 N–H and O–H groups in total. The van der Waals surface area contributed by atoms with Crippen LogP contribution in [0.25, 0.3) is 0 Å². The fourth-order valence-corrected chi connectivity index (χ4v) is 2.63. The van der Waals surface area contributed by atoms with Gasteiger partial charge in [-0.2, -0.15) is 0 Å². The minimum Gasteiger partial charge on any atom is -0.357 e. The summed E-state index contributed by atoms with van der Waals surface area (Å²) in [6.07, 6.45) is 8.00. The molecule has 1 fully saturated rings. The highest BCUT2D eigenvalue weighted by atomic mass is 127. The van der Waals surface area contributed by atoms with Gasteiger partial charge < -0.3 is 15.1 Å². The molecule has 0 atom stereocenters. The Morgan fingerprint density at radius 3 is 2.38 bits per heavy atom. The Kier molecular flexibility index (Phi) is 13.6. The van der Waals surface area contributed by atoms with E-state index >= 15 is 0 Å². The highest BCUT2D eigenvalue weighted by molar-refractivity contribution is 14.0. The number of nitrogens with one attached hydrogen (secondary N) is 1. The number of nitrogens with zero attached hydrogens (tertiary/aromatic N) is 3. The minimum atomic E-state index is 0. The average molecular weight is 410 g/mol. The maximum atomic E-state index is 4.78. The third-order valence-corrected chi connectivity index (χ3v) is 3.92. The lowest BCUT2D eigenvalue weighted by molar-refractivity contribution is 0.293. The van der Waals surface area contributed by atoms with Gasteiger partial charge in [0.25, 0.3) is 0 Å². The van der Waals surface area contributed by atoms with Crippen LogP contribution in [-0.2, 0) is 0 Å². The van der Waals surface area contributed by atoms with Crippen LogP contribution < -0.4 is 5.32 Å². The number of hydrogen-bond donors (Lipinski definition) is 1. The second-order valence-corrected chi connectivity index (χ2v) is 5.77. The van der Waals surface area contributed by atoms with Crippen LogP contribution in [0.1, 0.15) is 52.4 Å². The van der Waals surface area contributed by atoms with Crippen LogP contribution in [0.5, 0.6) is 0 Å². The van der Waals surface area contributed by atoms with Gasteiger partial charge in [0.05, 0.1) is 6.54 Å². The number of halogens is 1. The number of aliphatic imine (C=N–C) groups is 1. The van der Waals surface area contributed by atoms with E-state index in [2.05, 4.69) is 36.0 Å². The Balaban J connectivity index is 0.00000400. The van der Waals surface area contributed by atoms with Crippen molar-refractivity contribution < 1.29 is 0 Å². The number of rotatable bonds is 7. The molecule has 0 aromatic rings. The molecule has 5 heteroatoms. The molecule has 0 radical (unpaired) electrons. The van der Waals surface area contributed by atoms with Gasteiger partial charge in [-0.1, -0.05) is 26.2 Å². The van der Waals surface area contributed by atoms with E-state index in [0.29, 0.717) is 0 Å². The van der Waals surface area contributed by atoms with Gasteiger partial charge in [0.1, 0.15) is 0 Å². The maximum Gasteiger partial charge on any atom is 0.193 e. The van der Waals surface area contributed by atoms with E-state index in [0.717, 1.165) is 32.1 Å². The van der Waals surface area contributed by atoms with E-state index in [-0.39, 0.29) is 24.0 Å². The summed E-state index contributed by atoms with van der Waals surface area (Å²) in [6.45, 7) is 10.9. The largest absolute Gasteiger partial charge is 0.357 e. The zero-order valence-corrected chi connectivity index (χ0v) is 16.6. The van der Waals surface area contributed by atoms with E-state index in [9.17, 15) is 0 Å². The maximum absolute atomic E-state index is 4.78. The molecule has 0 bridgehead atoms. The average Bonchev–Trinajstić information content (AvgIpc) is 2.72. The van der Waals surface area contributed by atoms with Gasteiger partial charge in [-0.05, 0) is 39.3 Å². The normalized spacial score (nSPS) is 17.0. The molecule has 0 aliphatic carbocycles. The van der Waals surface area contributed by atoms with Crippen LogP contribution >= 0.6 is 24.0 Å². The van der Waals surface area contributed by atoms with Gasteiger partial charge in [-0.25, -0.2) is 0 Å². The minimum absolute atomic E-state index is 0. The molecule has 1 aliphatic rings. The fourth-order valence-electron chi connectivity index (χ4n) is 2.63. The third-order valence-electron chi connectivity index (χ3n) is 3.92. The molecule has 21 heavy (non-hydrogen) atoms. The van der Waals surface area contributed by atoms with Gasteiger partial charge in [0.2, 0.25) is 0 Å². The van der Waals surface area contributed by atoms with Crippen LogP contribution in [-0.4, -0.2) is 62.1 Å². The van der Waals surface area contributed by atoms with Crippen molar-refractivity contribution in [3.63, 3.8) is 0 Å². The van der Waals surface area contributed by atoms with Crippen LogP contribution in [0.3, 0.4) is 0 Å².